The lowest BCUT2D eigenvalue weighted by Gasteiger charge is -2.14. The molecule has 0 bridgehead atoms. The second kappa shape index (κ2) is 4.94. The molecule has 0 saturated carbocycles. The summed E-state index contributed by atoms with van der Waals surface area (Å²) in [7, 11) is 0. The molecule has 0 amide bonds. The van der Waals surface area contributed by atoms with Gasteiger partial charge in [0.2, 0.25) is 0 Å². The summed E-state index contributed by atoms with van der Waals surface area (Å²) in [5, 5.41) is 2.72. The van der Waals surface area contributed by atoms with Crippen molar-refractivity contribution in [2.45, 2.75) is 12.7 Å². The molecule has 0 saturated heterocycles. The van der Waals surface area contributed by atoms with E-state index >= 15 is 0 Å². The van der Waals surface area contributed by atoms with E-state index < -0.39 is 11.7 Å². The van der Waals surface area contributed by atoms with Gasteiger partial charge >= 0.3 is 6.18 Å². The third-order valence-corrected chi connectivity index (χ3v) is 2.56. The molecule has 1 heterocycles. The minimum absolute atomic E-state index is 0.0247. The van der Waals surface area contributed by atoms with E-state index in [4.69, 9.17) is 16.0 Å². The Morgan fingerprint density at radius 1 is 1.22 bits per heavy atom. The summed E-state index contributed by atoms with van der Waals surface area (Å²) in [6, 6.07) is 6.95. The first-order chi connectivity index (χ1) is 8.47. The van der Waals surface area contributed by atoms with Gasteiger partial charge in [0.25, 0.3) is 0 Å². The van der Waals surface area contributed by atoms with Crippen LogP contribution in [0.2, 0.25) is 5.02 Å². The Balaban J connectivity index is 2.22. The standard InChI is InChI=1S/C12H9ClF3NO/c13-8-3-4-11(10(6-8)12(14,15)16)17-7-9-2-1-5-18-9/h1-6,17H,7H2. The highest BCUT2D eigenvalue weighted by Gasteiger charge is 2.33. The van der Waals surface area contributed by atoms with Crippen LogP contribution in [-0.2, 0) is 12.7 Å². The molecule has 1 N–H and O–H groups in total. The summed E-state index contributed by atoms with van der Waals surface area (Å²) < 4.78 is 43.4. The van der Waals surface area contributed by atoms with E-state index in [1.165, 1.54) is 18.4 Å². The maximum absolute atomic E-state index is 12.8. The van der Waals surface area contributed by atoms with Crippen molar-refractivity contribution in [3.63, 3.8) is 0 Å². The lowest BCUT2D eigenvalue weighted by atomic mass is 10.1. The number of hydrogen-bond acceptors (Lipinski definition) is 2. The highest BCUT2D eigenvalue weighted by Crippen LogP contribution is 2.36. The Morgan fingerprint density at radius 3 is 2.61 bits per heavy atom. The van der Waals surface area contributed by atoms with Gasteiger partial charge in [0.1, 0.15) is 5.76 Å². The van der Waals surface area contributed by atoms with Crippen molar-refractivity contribution in [3.05, 3.63) is 52.9 Å². The molecule has 0 aliphatic carbocycles. The molecule has 1 aromatic heterocycles. The third kappa shape index (κ3) is 2.98. The minimum Gasteiger partial charge on any atom is -0.467 e. The SMILES string of the molecule is FC(F)(F)c1cc(Cl)ccc1NCc1ccco1. The Hall–Kier alpha value is -1.62. The lowest BCUT2D eigenvalue weighted by molar-refractivity contribution is -0.136. The number of rotatable bonds is 3. The number of nitrogens with one attached hydrogen (secondary N) is 1. The fourth-order valence-electron chi connectivity index (χ4n) is 1.50. The smallest absolute Gasteiger partial charge is 0.418 e. The molecule has 0 radical (unpaired) electrons. The van der Waals surface area contributed by atoms with Gasteiger partial charge in [-0.15, -0.1) is 0 Å². The highest BCUT2D eigenvalue weighted by atomic mass is 35.5. The van der Waals surface area contributed by atoms with Gasteiger partial charge in [-0.1, -0.05) is 11.6 Å². The van der Waals surface area contributed by atoms with Crippen LogP contribution >= 0.6 is 11.6 Å². The summed E-state index contributed by atoms with van der Waals surface area (Å²) >= 11 is 5.58. The number of hydrogen-bond donors (Lipinski definition) is 1. The van der Waals surface area contributed by atoms with E-state index in [0.717, 1.165) is 6.07 Å². The van der Waals surface area contributed by atoms with E-state index in [0.29, 0.717) is 5.76 Å². The Morgan fingerprint density at radius 2 is 2.00 bits per heavy atom. The van der Waals surface area contributed by atoms with Gasteiger partial charge in [0, 0.05) is 10.7 Å². The first kappa shape index (κ1) is 12.8. The second-order valence-corrected chi connectivity index (χ2v) is 4.06. The van der Waals surface area contributed by atoms with Crippen LogP contribution in [0.1, 0.15) is 11.3 Å². The topological polar surface area (TPSA) is 25.2 Å². The average molecular weight is 276 g/mol. The molecule has 2 nitrogen and oxygen atoms in total. The molecule has 1 aromatic carbocycles. The molecule has 0 unspecified atom stereocenters. The molecule has 0 aliphatic rings. The number of halogens is 4. The van der Waals surface area contributed by atoms with E-state index in [2.05, 4.69) is 5.32 Å². The first-order valence-electron chi connectivity index (χ1n) is 5.10. The summed E-state index contributed by atoms with van der Waals surface area (Å²) in [5.41, 5.74) is -0.815. The van der Waals surface area contributed by atoms with Crippen LogP contribution < -0.4 is 5.32 Å². The van der Waals surface area contributed by atoms with Crippen LogP contribution in [-0.4, -0.2) is 0 Å². The second-order valence-electron chi connectivity index (χ2n) is 3.62. The fraction of sp³-hybridized carbons (Fsp3) is 0.167. The van der Waals surface area contributed by atoms with Crippen molar-refractivity contribution in [1.82, 2.24) is 0 Å². The molecule has 0 aliphatic heterocycles. The van der Waals surface area contributed by atoms with Crippen molar-refractivity contribution in [2.75, 3.05) is 5.32 Å². The number of benzene rings is 1. The van der Waals surface area contributed by atoms with Crippen molar-refractivity contribution in [3.8, 4) is 0 Å². The summed E-state index contributed by atoms with van der Waals surface area (Å²) in [5.74, 6) is 0.554. The van der Waals surface area contributed by atoms with Crippen molar-refractivity contribution >= 4 is 17.3 Å². The summed E-state index contributed by atoms with van der Waals surface area (Å²) in [6.07, 6.45) is -2.99. The van der Waals surface area contributed by atoms with Gasteiger partial charge < -0.3 is 9.73 Å². The Bertz CT molecular complexity index is 523. The molecule has 0 fully saturated rings. The lowest BCUT2D eigenvalue weighted by Crippen LogP contribution is -2.10. The number of alkyl halides is 3. The Labute approximate surface area is 106 Å². The zero-order valence-corrected chi connectivity index (χ0v) is 9.85. The van der Waals surface area contributed by atoms with Crippen LogP contribution in [0.4, 0.5) is 18.9 Å². The van der Waals surface area contributed by atoms with E-state index in [9.17, 15) is 13.2 Å². The minimum atomic E-state index is -4.45. The molecule has 2 rings (SSSR count). The van der Waals surface area contributed by atoms with Gasteiger partial charge in [-0.2, -0.15) is 13.2 Å². The van der Waals surface area contributed by atoms with Crippen LogP contribution in [0.25, 0.3) is 0 Å². The van der Waals surface area contributed by atoms with Crippen LogP contribution in [0, 0.1) is 0 Å². The zero-order chi connectivity index (χ0) is 13.2. The normalized spacial score (nSPS) is 11.6. The zero-order valence-electron chi connectivity index (χ0n) is 9.09. The molecule has 0 spiro atoms. The van der Waals surface area contributed by atoms with Gasteiger partial charge in [0.15, 0.2) is 0 Å². The Kier molecular flexibility index (Phi) is 3.52. The first-order valence-corrected chi connectivity index (χ1v) is 5.47. The predicted octanol–water partition coefficient (Wildman–Crippen LogP) is 4.56. The van der Waals surface area contributed by atoms with Gasteiger partial charge in [-0.05, 0) is 30.3 Å². The molecule has 18 heavy (non-hydrogen) atoms. The van der Waals surface area contributed by atoms with Crippen molar-refractivity contribution < 1.29 is 17.6 Å². The van der Waals surface area contributed by atoms with Gasteiger partial charge in [-0.3, -0.25) is 0 Å². The highest BCUT2D eigenvalue weighted by molar-refractivity contribution is 6.30. The van der Waals surface area contributed by atoms with Crippen LogP contribution in [0.5, 0.6) is 0 Å². The monoisotopic (exact) mass is 275 g/mol. The summed E-state index contributed by atoms with van der Waals surface area (Å²) in [6.45, 7) is 0.178. The van der Waals surface area contributed by atoms with Crippen LogP contribution in [0.3, 0.4) is 0 Å². The van der Waals surface area contributed by atoms with Crippen molar-refractivity contribution in [1.29, 1.82) is 0 Å². The van der Waals surface area contributed by atoms with E-state index in [1.807, 2.05) is 0 Å². The number of anilines is 1. The van der Waals surface area contributed by atoms with E-state index in [1.54, 1.807) is 12.1 Å². The largest absolute Gasteiger partial charge is 0.467 e. The number of furan rings is 1. The average Bonchev–Trinajstić information content (AvgIpc) is 2.79. The van der Waals surface area contributed by atoms with E-state index in [-0.39, 0.29) is 17.3 Å². The fourth-order valence-corrected chi connectivity index (χ4v) is 1.67. The van der Waals surface area contributed by atoms with Crippen molar-refractivity contribution in [2.24, 2.45) is 0 Å². The maximum Gasteiger partial charge on any atom is 0.418 e. The van der Waals surface area contributed by atoms with Gasteiger partial charge in [-0.25, -0.2) is 0 Å². The van der Waals surface area contributed by atoms with Gasteiger partial charge in [0.05, 0.1) is 18.4 Å². The molecular formula is C12H9ClF3NO. The molecular weight excluding hydrogens is 267 g/mol. The molecule has 0 atom stereocenters. The summed E-state index contributed by atoms with van der Waals surface area (Å²) in [4.78, 5) is 0. The molecule has 2 aromatic rings. The molecule has 96 valence electrons. The maximum atomic E-state index is 12.8. The quantitative estimate of drug-likeness (QED) is 0.888. The molecule has 6 heteroatoms. The third-order valence-electron chi connectivity index (χ3n) is 2.32. The van der Waals surface area contributed by atoms with Crippen LogP contribution in [0.15, 0.2) is 41.0 Å². The predicted molar refractivity (Wildman–Crippen MR) is 62.5 cm³/mol.